The summed E-state index contributed by atoms with van der Waals surface area (Å²) in [4.78, 5) is 25.6. The molecule has 2 rings (SSSR count). The van der Waals surface area contributed by atoms with Crippen LogP contribution < -0.4 is 16.8 Å². The number of benzene rings is 1. The number of likely N-dealkylation sites (tertiary alicyclic amines) is 1. The van der Waals surface area contributed by atoms with E-state index in [2.05, 4.69) is 10.2 Å². The highest BCUT2D eigenvalue weighted by Gasteiger charge is 2.28. The molecule has 1 fully saturated rings. The van der Waals surface area contributed by atoms with E-state index in [0.717, 1.165) is 30.6 Å². The molecule has 0 spiro atoms. The van der Waals surface area contributed by atoms with Gasteiger partial charge in [-0.1, -0.05) is 26.0 Å². The maximum Gasteiger partial charge on any atom is 0.241 e. The first kappa shape index (κ1) is 23.7. The summed E-state index contributed by atoms with van der Waals surface area (Å²) in [6.45, 7) is 5.34. The van der Waals surface area contributed by atoms with Crippen molar-refractivity contribution in [3.63, 3.8) is 0 Å². The zero-order valence-corrected chi connectivity index (χ0v) is 16.2. The van der Waals surface area contributed by atoms with Crippen LogP contribution in [0.3, 0.4) is 0 Å². The van der Waals surface area contributed by atoms with E-state index in [1.165, 1.54) is 0 Å². The van der Waals surface area contributed by atoms with Crippen LogP contribution in [0.2, 0.25) is 0 Å². The van der Waals surface area contributed by atoms with Crippen LogP contribution in [0.5, 0.6) is 0 Å². The number of amides is 2. The van der Waals surface area contributed by atoms with Crippen LogP contribution in [-0.4, -0.2) is 35.3 Å². The molecule has 1 aliphatic heterocycles. The Morgan fingerprint density at radius 1 is 1.32 bits per heavy atom. The molecule has 0 aromatic heterocycles. The first-order chi connectivity index (χ1) is 10.9. The largest absolute Gasteiger partial charge is 0.368 e. The molecule has 8 heteroatoms. The number of nitrogens with two attached hydrogens (primary N) is 2. The predicted octanol–water partition coefficient (Wildman–Crippen LogP) is 1.90. The minimum absolute atomic E-state index is 0. The van der Waals surface area contributed by atoms with E-state index in [0.29, 0.717) is 6.54 Å². The van der Waals surface area contributed by atoms with Crippen LogP contribution in [0.25, 0.3) is 0 Å². The van der Waals surface area contributed by atoms with Gasteiger partial charge in [-0.15, -0.1) is 24.8 Å². The van der Waals surface area contributed by atoms with Crippen molar-refractivity contribution in [2.45, 2.75) is 45.3 Å². The average molecular weight is 391 g/mol. The first-order valence-electron chi connectivity index (χ1n) is 8.07. The normalized spacial score (nSPS) is 18.2. The molecule has 0 radical (unpaired) electrons. The zero-order valence-electron chi connectivity index (χ0n) is 14.6. The van der Waals surface area contributed by atoms with Crippen molar-refractivity contribution >= 4 is 42.3 Å². The fourth-order valence-corrected chi connectivity index (χ4v) is 2.85. The first-order valence-corrected chi connectivity index (χ1v) is 8.07. The molecule has 5 N–H and O–H groups in total. The minimum Gasteiger partial charge on any atom is -0.368 e. The van der Waals surface area contributed by atoms with Gasteiger partial charge in [-0.3, -0.25) is 14.5 Å². The monoisotopic (exact) mass is 390 g/mol. The number of carbonyl (C=O) groups excluding carboxylic acids is 2. The van der Waals surface area contributed by atoms with Gasteiger partial charge in [0, 0.05) is 12.2 Å². The van der Waals surface area contributed by atoms with Gasteiger partial charge in [-0.2, -0.15) is 0 Å². The fraction of sp³-hybridized carbons (Fsp3) is 0.529. The minimum atomic E-state index is -0.531. The topological polar surface area (TPSA) is 101 Å². The summed E-state index contributed by atoms with van der Waals surface area (Å²) in [6.07, 6.45) is 1.79. The fourth-order valence-electron chi connectivity index (χ4n) is 2.85. The Kier molecular flexibility index (Phi) is 10.0. The van der Waals surface area contributed by atoms with Gasteiger partial charge >= 0.3 is 0 Å². The average Bonchev–Trinajstić information content (AvgIpc) is 2.95. The third-order valence-corrected chi connectivity index (χ3v) is 4.29. The number of hydrogen-bond donors (Lipinski definition) is 3. The SMILES string of the molecule is CC(C)[C@H](N)C(=O)Nc1cccc(CN2CCCC2C(N)=O)c1.Cl.Cl. The second-order valence-corrected chi connectivity index (χ2v) is 6.49. The number of halogens is 2. The lowest BCUT2D eigenvalue weighted by molar-refractivity contribution is -0.122. The lowest BCUT2D eigenvalue weighted by Crippen LogP contribution is -2.40. The number of anilines is 1. The van der Waals surface area contributed by atoms with E-state index in [1.807, 2.05) is 38.1 Å². The number of primary amides is 1. The number of hydrogen-bond acceptors (Lipinski definition) is 4. The molecule has 1 aliphatic rings. The Hall–Kier alpha value is -1.34. The summed E-state index contributed by atoms with van der Waals surface area (Å²) in [5.74, 6) is -0.373. The van der Waals surface area contributed by atoms with Crippen molar-refractivity contribution in [3.05, 3.63) is 29.8 Å². The predicted molar refractivity (Wildman–Crippen MR) is 105 cm³/mol. The van der Waals surface area contributed by atoms with E-state index in [1.54, 1.807) is 0 Å². The van der Waals surface area contributed by atoms with Gasteiger partial charge in [0.05, 0.1) is 12.1 Å². The van der Waals surface area contributed by atoms with Crippen molar-refractivity contribution < 1.29 is 9.59 Å². The van der Waals surface area contributed by atoms with Crippen molar-refractivity contribution in [2.75, 3.05) is 11.9 Å². The van der Waals surface area contributed by atoms with Crippen LogP contribution in [0.15, 0.2) is 24.3 Å². The second kappa shape index (κ2) is 10.6. The van der Waals surface area contributed by atoms with Crippen molar-refractivity contribution in [1.82, 2.24) is 4.90 Å². The number of nitrogens with one attached hydrogen (secondary N) is 1. The molecule has 1 unspecified atom stereocenters. The van der Waals surface area contributed by atoms with Crippen molar-refractivity contribution in [1.29, 1.82) is 0 Å². The van der Waals surface area contributed by atoms with Gasteiger partial charge in [0.1, 0.15) is 0 Å². The lowest BCUT2D eigenvalue weighted by atomic mass is 10.0. The number of carbonyl (C=O) groups is 2. The van der Waals surface area contributed by atoms with Gasteiger partial charge in [0.15, 0.2) is 0 Å². The molecule has 1 saturated heterocycles. The Morgan fingerprint density at radius 3 is 2.60 bits per heavy atom. The Bertz CT molecular complexity index is 584. The highest BCUT2D eigenvalue weighted by molar-refractivity contribution is 5.94. The van der Waals surface area contributed by atoms with Gasteiger partial charge in [0.2, 0.25) is 11.8 Å². The third-order valence-electron chi connectivity index (χ3n) is 4.29. The molecule has 0 aliphatic carbocycles. The van der Waals surface area contributed by atoms with E-state index in [-0.39, 0.29) is 48.6 Å². The van der Waals surface area contributed by atoms with Crippen LogP contribution in [0.4, 0.5) is 5.69 Å². The lowest BCUT2D eigenvalue weighted by Gasteiger charge is -2.22. The molecule has 25 heavy (non-hydrogen) atoms. The molecule has 1 aromatic rings. The van der Waals surface area contributed by atoms with Gasteiger partial charge in [0.25, 0.3) is 0 Å². The van der Waals surface area contributed by atoms with Gasteiger partial charge < -0.3 is 16.8 Å². The summed E-state index contributed by atoms with van der Waals surface area (Å²) in [7, 11) is 0. The van der Waals surface area contributed by atoms with Crippen LogP contribution in [-0.2, 0) is 16.1 Å². The summed E-state index contributed by atoms with van der Waals surface area (Å²) < 4.78 is 0. The molecule has 2 amide bonds. The van der Waals surface area contributed by atoms with Crippen molar-refractivity contribution in [2.24, 2.45) is 17.4 Å². The third kappa shape index (κ3) is 6.47. The van der Waals surface area contributed by atoms with E-state index in [9.17, 15) is 9.59 Å². The molecule has 2 atom stereocenters. The summed E-state index contributed by atoms with van der Waals surface area (Å²) in [5.41, 5.74) is 13.1. The summed E-state index contributed by atoms with van der Waals surface area (Å²) in [5, 5.41) is 2.85. The molecular weight excluding hydrogens is 363 g/mol. The zero-order chi connectivity index (χ0) is 17.0. The highest BCUT2D eigenvalue weighted by atomic mass is 35.5. The van der Waals surface area contributed by atoms with Gasteiger partial charge in [-0.05, 0) is 43.0 Å². The molecule has 0 saturated carbocycles. The van der Waals surface area contributed by atoms with E-state index >= 15 is 0 Å². The van der Waals surface area contributed by atoms with Crippen LogP contribution in [0.1, 0.15) is 32.3 Å². The van der Waals surface area contributed by atoms with Crippen LogP contribution >= 0.6 is 24.8 Å². The smallest absolute Gasteiger partial charge is 0.241 e. The van der Waals surface area contributed by atoms with Crippen molar-refractivity contribution in [3.8, 4) is 0 Å². The Balaban J connectivity index is 0.00000288. The van der Waals surface area contributed by atoms with E-state index < -0.39 is 6.04 Å². The molecule has 1 aromatic carbocycles. The molecule has 142 valence electrons. The number of nitrogens with zero attached hydrogens (tertiary/aromatic N) is 1. The standard InChI is InChI=1S/C17H26N4O2.2ClH/c1-11(2)15(18)17(23)20-13-6-3-5-12(9-13)10-21-8-4-7-14(21)16(19)22;;/h3,5-6,9,11,14-15H,4,7-8,10,18H2,1-2H3,(H2,19,22)(H,20,23);2*1H/t14?,15-;;/m0../s1. The summed E-state index contributed by atoms with van der Waals surface area (Å²) >= 11 is 0. The molecule has 1 heterocycles. The van der Waals surface area contributed by atoms with Gasteiger partial charge in [-0.25, -0.2) is 0 Å². The maximum absolute atomic E-state index is 12.0. The Morgan fingerprint density at radius 2 is 2.00 bits per heavy atom. The van der Waals surface area contributed by atoms with E-state index in [4.69, 9.17) is 11.5 Å². The highest BCUT2D eigenvalue weighted by Crippen LogP contribution is 2.21. The molecule has 6 nitrogen and oxygen atoms in total. The molecular formula is C17H28Cl2N4O2. The number of rotatable bonds is 6. The second-order valence-electron chi connectivity index (χ2n) is 6.49. The quantitative estimate of drug-likeness (QED) is 0.689. The Labute approximate surface area is 161 Å². The molecule has 0 bridgehead atoms. The van der Waals surface area contributed by atoms with Crippen LogP contribution in [0, 0.1) is 5.92 Å². The maximum atomic E-state index is 12.0. The summed E-state index contributed by atoms with van der Waals surface area (Å²) in [6, 6.07) is 6.90.